The number of hydrogen-bond donors (Lipinski definition) is 2. The number of nitrogens with one attached hydrogen (secondary N) is 2. The van der Waals surface area contributed by atoms with Crippen LogP contribution in [0.2, 0.25) is 0 Å². The lowest BCUT2D eigenvalue weighted by Crippen LogP contribution is -2.54. The van der Waals surface area contributed by atoms with Crippen LogP contribution in [0.3, 0.4) is 0 Å². The van der Waals surface area contributed by atoms with Crippen LogP contribution in [0.1, 0.15) is 58.3 Å². The third kappa shape index (κ3) is 6.81. The first-order valence-electron chi connectivity index (χ1n) is 16.2. The number of hydrogen-bond acceptors (Lipinski definition) is 9. The van der Waals surface area contributed by atoms with Gasteiger partial charge in [0.05, 0.1) is 40.8 Å². The number of sulfonamides is 1. The normalized spacial score (nSPS) is 28.8. The van der Waals surface area contributed by atoms with Gasteiger partial charge in [-0.2, -0.15) is 0 Å². The molecule has 14 heteroatoms. The molecular weight excluding hydrogens is 692 g/mol. The van der Waals surface area contributed by atoms with Gasteiger partial charge in [-0.25, -0.2) is 13.4 Å². The predicted octanol–water partition coefficient (Wildman–Crippen LogP) is 3.86. The molecule has 5 atom stereocenters. The van der Waals surface area contributed by atoms with Gasteiger partial charge in [-0.3, -0.25) is 19.1 Å². The molecule has 2 aromatic rings. The van der Waals surface area contributed by atoms with Gasteiger partial charge in [0.15, 0.2) is 0 Å². The van der Waals surface area contributed by atoms with Crippen molar-refractivity contribution in [3.05, 3.63) is 34.8 Å². The highest BCUT2D eigenvalue weighted by molar-refractivity contribution is 9.10. The molecule has 0 bridgehead atoms. The van der Waals surface area contributed by atoms with Gasteiger partial charge in [0.25, 0.3) is 5.91 Å². The molecule has 12 nitrogen and oxygen atoms in total. The van der Waals surface area contributed by atoms with Gasteiger partial charge in [-0.1, -0.05) is 12.2 Å². The zero-order valence-electron chi connectivity index (χ0n) is 26.8. The number of carbonyl (C=O) groups is 3. The van der Waals surface area contributed by atoms with Crippen LogP contribution < -0.4 is 24.2 Å². The summed E-state index contributed by atoms with van der Waals surface area (Å²) >= 11 is 3.58. The second-order valence-corrected chi connectivity index (χ2v) is 15.7. The van der Waals surface area contributed by atoms with Crippen molar-refractivity contribution in [3.8, 4) is 17.4 Å². The Bertz CT molecular complexity index is 1710. The zero-order valence-corrected chi connectivity index (χ0v) is 29.2. The number of halogens is 1. The lowest BCUT2D eigenvalue weighted by atomic mass is 9.93. The monoisotopic (exact) mass is 732 g/mol. The summed E-state index contributed by atoms with van der Waals surface area (Å²) in [6, 6.07) is 5.35. The molecule has 0 radical (unpaired) electrons. The lowest BCUT2D eigenvalue weighted by molar-refractivity contribution is -0.140. The average molecular weight is 734 g/mol. The van der Waals surface area contributed by atoms with Crippen molar-refractivity contribution in [2.24, 2.45) is 17.8 Å². The van der Waals surface area contributed by atoms with Crippen molar-refractivity contribution in [1.29, 1.82) is 0 Å². The first-order chi connectivity index (χ1) is 22.5. The summed E-state index contributed by atoms with van der Waals surface area (Å²) in [5, 5.41) is 3.05. The van der Waals surface area contributed by atoms with E-state index < -0.39 is 50.6 Å². The summed E-state index contributed by atoms with van der Waals surface area (Å²) in [6.45, 7) is 2.80. The fourth-order valence-corrected chi connectivity index (χ4v) is 8.69. The van der Waals surface area contributed by atoms with E-state index in [1.165, 1.54) is 0 Å². The average Bonchev–Trinajstić information content (AvgIpc) is 3.96. The number of benzene rings is 1. The Labute approximate surface area is 283 Å². The van der Waals surface area contributed by atoms with Crippen LogP contribution in [-0.2, 0) is 24.4 Å². The van der Waals surface area contributed by atoms with Crippen molar-refractivity contribution >= 4 is 54.6 Å². The molecule has 3 fully saturated rings. The summed E-state index contributed by atoms with van der Waals surface area (Å²) in [6.07, 6.45) is 7.55. The van der Waals surface area contributed by atoms with E-state index in [1.807, 2.05) is 25.1 Å². The SMILES string of the molecule is CCOc1cc(O[C@@H]2C[C@H]3C(=O)N[C@]4(C(=O)NS(=O)(=O)C5CC5)C[C@H]4/C=C\CCCCN(C)C(=O)[C@@H]3C2)c2ccc(OC)c(Br)c2n1. The minimum absolute atomic E-state index is 0.159. The zero-order chi connectivity index (χ0) is 33.5. The molecule has 2 heterocycles. The van der Waals surface area contributed by atoms with Gasteiger partial charge in [-0.15, -0.1) is 0 Å². The largest absolute Gasteiger partial charge is 0.495 e. The maximum absolute atomic E-state index is 14.1. The fourth-order valence-electron chi connectivity index (χ4n) is 6.73. The molecule has 47 heavy (non-hydrogen) atoms. The molecule has 3 amide bonds. The Morgan fingerprint density at radius 2 is 1.94 bits per heavy atom. The number of amides is 3. The first-order valence-corrected chi connectivity index (χ1v) is 18.6. The van der Waals surface area contributed by atoms with Crippen molar-refractivity contribution in [2.75, 3.05) is 27.3 Å². The van der Waals surface area contributed by atoms with Crippen molar-refractivity contribution in [3.63, 3.8) is 0 Å². The summed E-state index contributed by atoms with van der Waals surface area (Å²) in [4.78, 5) is 47.8. The van der Waals surface area contributed by atoms with E-state index in [0.29, 0.717) is 58.7 Å². The number of pyridine rings is 1. The molecule has 0 spiro atoms. The van der Waals surface area contributed by atoms with E-state index in [1.54, 1.807) is 31.2 Å². The summed E-state index contributed by atoms with van der Waals surface area (Å²) < 4.78 is 46.0. The Balaban J connectivity index is 1.30. The number of carbonyl (C=O) groups excluding carboxylic acids is 3. The van der Waals surface area contributed by atoms with Crippen molar-refractivity contribution in [1.82, 2.24) is 19.9 Å². The third-order valence-corrected chi connectivity index (χ3v) is 12.2. The first kappa shape index (κ1) is 33.5. The number of methoxy groups -OCH3 is 1. The molecule has 4 aliphatic rings. The Kier molecular flexibility index (Phi) is 9.45. The Hall–Kier alpha value is -3.39. The summed E-state index contributed by atoms with van der Waals surface area (Å²) in [7, 11) is -0.503. The number of nitrogens with zero attached hydrogens (tertiary/aromatic N) is 2. The highest BCUT2D eigenvalue weighted by atomic mass is 79.9. The molecule has 1 aromatic heterocycles. The van der Waals surface area contributed by atoms with E-state index in [2.05, 4.69) is 31.0 Å². The predicted molar refractivity (Wildman–Crippen MR) is 177 cm³/mol. The highest BCUT2D eigenvalue weighted by Gasteiger charge is 2.62. The second kappa shape index (κ2) is 13.3. The fraction of sp³-hybridized carbons (Fsp3) is 0.576. The quantitative estimate of drug-likeness (QED) is 0.386. The van der Waals surface area contributed by atoms with Crippen LogP contribution in [-0.4, -0.2) is 80.2 Å². The van der Waals surface area contributed by atoms with E-state index in [4.69, 9.17) is 14.2 Å². The number of aromatic nitrogens is 1. The number of ether oxygens (including phenoxy) is 3. The molecule has 254 valence electrons. The molecule has 0 saturated heterocycles. The number of fused-ring (bicyclic) bond motifs is 3. The van der Waals surface area contributed by atoms with Crippen LogP contribution in [0.5, 0.6) is 17.4 Å². The molecule has 3 aliphatic carbocycles. The molecule has 3 saturated carbocycles. The van der Waals surface area contributed by atoms with Crippen LogP contribution in [0.15, 0.2) is 34.8 Å². The highest BCUT2D eigenvalue weighted by Crippen LogP contribution is 2.47. The molecular formula is C33H41BrN4O8S. The van der Waals surface area contributed by atoms with Gasteiger partial charge in [0.1, 0.15) is 23.1 Å². The van der Waals surface area contributed by atoms with Gasteiger partial charge in [-0.05, 0) is 86.4 Å². The molecule has 2 N–H and O–H groups in total. The molecule has 1 aliphatic heterocycles. The summed E-state index contributed by atoms with van der Waals surface area (Å²) in [5.41, 5.74) is -0.811. The molecule has 1 aromatic carbocycles. The van der Waals surface area contributed by atoms with E-state index >= 15 is 0 Å². The minimum atomic E-state index is -3.82. The van der Waals surface area contributed by atoms with Crippen LogP contribution in [0, 0.1) is 17.8 Å². The van der Waals surface area contributed by atoms with Gasteiger partial charge in [0, 0.05) is 31.0 Å². The maximum Gasteiger partial charge on any atom is 0.259 e. The topological polar surface area (TPSA) is 153 Å². The Morgan fingerprint density at radius 1 is 1.17 bits per heavy atom. The second-order valence-electron chi connectivity index (χ2n) is 12.9. The smallest absolute Gasteiger partial charge is 0.259 e. The van der Waals surface area contributed by atoms with Crippen LogP contribution in [0.4, 0.5) is 0 Å². The lowest BCUT2D eigenvalue weighted by Gasteiger charge is -2.26. The number of rotatable bonds is 8. The molecule has 6 rings (SSSR count). The minimum Gasteiger partial charge on any atom is -0.495 e. The van der Waals surface area contributed by atoms with E-state index in [0.717, 1.165) is 19.3 Å². The molecule has 0 unspecified atom stereocenters. The van der Waals surface area contributed by atoms with Gasteiger partial charge in [0.2, 0.25) is 27.7 Å². The van der Waals surface area contributed by atoms with Gasteiger partial charge < -0.3 is 24.4 Å². The van der Waals surface area contributed by atoms with Crippen LogP contribution >= 0.6 is 15.9 Å². The van der Waals surface area contributed by atoms with E-state index in [-0.39, 0.29) is 31.1 Å². The van der Waals surface area contributed by atoms with Crippen molar-refractivity contribution < 1.29 is 37.0 Å². The van der Waals surface area contributed by atoms with Crippen LogP contribution in [0.25, 0.3) is 10.9 Å². The van der Waals surface area contributed by atoms with Gasteiger partial charge >= 0.3 is 0 Å². The maximum atomic E-state index is 14.1. The Morgan fingerprint density at radius 3 is 2.66 bits per heavy atom. The van der Waals surface area contributed by atoms with Crippen molar-refractivity contribution in [2.45, 2.75) is 75.2 Å². The summed E-state index contributed by atoms with van der Waals surface area (Å²) in [5.74, 6) is -1.73. The number of allylic oxidation sites excluding steroid dienone is 1. The van der Waals surface area contributed by atoms with E-state index in [9.17, 15) is 22.8 Å². The third-order valence-electron chi connectivity index (χ3n) is 9.63. The standard InChI is InChI=1S/C33H41BrN4O8S/c1-4-45-27-17-26(22-12-13-25(44-3)28(34)29(22)35-27)46-20-15-23-24(16-20)31(40)38(2)14-8-6-5-7-9-19-18-33(19,36-30(23)39)32(41)37-47(42,43)21-10-11-21/h7,9,12-13,17,19-21,23-24H,4-6,8,10-11,14-16,18H2,1-3H3,(H,36,39)(H,37,41)/b9-7-/t19-,20-,23-,24-,33-/m1/s1.